The molecule has 0 unspecified atom stereocenters. The molecular formula is C18H18ClN3O2. The van der Waals surface area contributed by atoms with Crippen molar-refractivity contribution in [1.82, 2.24) is 9.78 Å². The van der Waals surface area contributed by atoms with Gasteiger partial charge in [-0.05, 0) is 43.0 Å². The van der Waals surface area contributed by atoms with Gasteiger partial charge in [-0.2, -0.15) is 5.10 Å². The minimum absolute atomic E-state index is 0.0530. The third kappa shape index (κ3) is 2.80. The Bertz CT molecular complexity index is 866. The van der Waals surface area contributed by atoms with Crippen LogP contribution in [0.3, 0.4) is 0 Å². The summed E-state index contributed by atoms with van der Waals surface area (Å²) in [5.41, 5.74) is 2.66. The second-order valence-corrected chi connectivity index (χ2v) is 6.44. The number of carbonyl (C=O) groups excluding carboxylic acids is 1. The fourth-order valence-electron chi connectivity index (χ4n) is 3.01. The number of amides is 1. The molecule has 1 fully saturated rings. The SMILES string of the molecule is O=C(CCl)N(Cc1ccc2occc2c1)c1cnn(C2CCC2)c1. The number of nitrogens with zero attached hydrogens (tertiary/aromatic N) is 3. The number of halogens is 1. The molecule has 1 aliphatic carbocycles. The molecule has 1 amide bonds. The summed E-state index contributed by atoms with van der Waals surface area (Å²) in [6.45, 7) is 0.461. The summed E-state index contributed by atoms with van der Waals surface area (Å²) in [6, 6.07) is 8.31. The molecule has 3 aromatic rings. The number of fused-ring (bicyclic) bond motifs is 1. The van der Waals surface area contributed by atoms with E-state index in [0.29, 0.717) is 12.6 Å². The standard InChI is InChI=1S/C18H18ClN3O2/c19-9-18(23)21(16-10-20-22(12-16)15-2-1-3-15)11-13-4-5-17-14(8-13)6-7-24-17/h4-8,10,12,15H,1-3,9,11H2. The van der Waals surface area contributed by atoms with Crippen LogP contribution in [0.5, 0.6) is 0 Å². The van der Waals surface area contributed by atoms with Crippen molar-refractivity contribution >= 4 is 34.2 Å². The van der Waals surface area contributed by atoms with Crippen molar-refractivity contribution in [2.24, 2.45) is 0 Å². The van der Waals surface area contributed by atoms with Crippen LogP contribution in [-0.2, 0) is 11.3 Å². The van der Waals surface area contributed by atoms with Gasteiger partial charge in [0.2, 0.25) is 5.91 Å². The Morgan fingerprint density at radius 2 is 2.25 bits per heavy atom. The van der Waals surface area contributed by atoms with E-state index in [1.165, 1.54) is 6.42 Å². The predicted molar refractivity (Wildman–Crippen MR) is 93.2 cm³/mol. The van der Waals surface area contributed by atoms with E-state index in [-0.39, 0.29) is 11.8 Å². The Hall–Kier alpha value is -2.27. The lowest BCUT2D eigenvalue weighted by Gasteiger charge is -2.25. The number of anilines is 1. The van der Waals surface area contributed by atoms with Crippen molar-refractivity contribution in [3.63, 3.8) is 0 Å². The fraction of sp³-hybridized carbons (Fsp3) is 0.333. The highest BCUT2D eigenvalue weighted by Crippen LogP contribution is 2.32. The molecule has 0 bridgehead atoms. The van der Waals surface area contributed by atoms with Crippen molar-refractivity contribution in [2.45, 2.75) is 31.8 Å². The minimum atomic E-state index is -0.128. The lowest BCUT2D eigenvalue weighted by atomic mass is 9.93. The van der Waals surface area contributed by atoms with Gasteiger partial charge in [0, 0.05) is 11.6 Å². The molecule has 1 saturated carbocycles. The van der Waals surface area contributed by atoms with Crippen LogP contribution in [0.15, 0.2) is 47.3 Å². The van der Waals surface area contributed by atoms with Crippen molar-refractivity contribution in [2.75, 3.05) is 10.8 Å². The van der Waals surface area contributed by atoms with E-state index in [1.807, 2.05) is 35.1 Å². The number of rotatable bonds is 5. The Balaban J connectivity index is 1.61. The molecule has 0 N–H and O–H groups in total. The van der Waals surface area contributed by atoms with E-state index in [4.69, 9.17) is 16.0 Å². The average Bonchev–Trinajstić information content (AvgIpc) is 3.19. The van der Waals surface area contributed by atoms with Gasteiger partial charge in [0.25, 0.3) is 0 Å². The molecule has 0 saturated heterocycles. The highest BCUT2D eigenvalue weighted by Gasteiger charge is 2.23. The third-order valence-electron chi connectivity index (χ3n) is 4.62. The Kier molecular flexibility index (Phi) is 4.02. The maximum atomic E-state index is 12.3. The van der Waals surface area contributed by atoms with E-state index in [9.17, 15) is 4.79 Å². The van der Waals surface area contributed by atoms with Crippen LogP contribution in [0.1, 0.15) is 30.9 Å². The quantitative estimate of drug-likeness (QED) is 0.654. The molecule has 1 aliphatic rings. The average molecular weight is 344 g/mol. The van der Waals surface area contributed by atoms with Crippen LogP contribution in [0, 0.1) is 0 Å². The molecule has 124 valence electrons. The van der Waals surface area contributed by atoms with Crippen LogP contribution >= 0.6 is 11.6 Å². The minimum Gasteiger partial charge on any atom is -0.464 e. The Morgan fingerprint density at radius 3 is 3.00 bits per heavy atom. The summed E-state index contributed by atoms with van der Waals surface area (Å²) in [5.74, 6) is -0.181. The zero-order chi connectivity index (χ0) is 16.5. The van der Waals surface area contributed by atoms with Gasteiger partial charge in [-0.1, -0.05) is 6.07 Å². The molecule has 0 atom stereocenters. The van der Waals surface area contributed by atoms with Crippen LogP contribution in [0.25, 0.3) is 11.0 Å². The van der Waals surface area contributed by atoms with Crippen molar-refractivity contribution in [3.8, 4) is 0 Å². The summed E-state index contributed by atoms with van der Waals surface area (Å²) < 4.78 is 7.33. The molecule has 2 heterocycles. The number of carbonyl (C=O) groups is 1. The highest BCUT2D eigenvalue weighted by atomic mass is 35.5. The van der Waals surface area contributed by atoms with E-state index < -0.39 is 0 Å². The molecule has 0 radical (unpaired) electrons. The first kappa shape index (κ1) is 15.3. The van der Waals surface area contributed by atoms with Crippen molar-refractivity contribution in [1.29, 1.82) is 0 Å². The van der Waals surface area contributed by atoms with Crippen molar-refractivity contribution < 1.29 is 9.21 Å². The monoisotopic (exact) mass is 343 g/mol. The number of hydrogen-bond acceptors (Lipinski definition) is 3. The van der Waals surface area contributed by atoms with E-state index in [0.717, 1.165) is 35.1 Å². The summed E-state index contributed by atoms with van der Waals surface area (Å²) in [7, 11) is 0. The Labute approximate surface area is 144 Å². The van der Waals surface area contributed by atoms with Gasteiger partial charge >= 0.3 is 0 Å². The number of alkyl halides is 1. The van der Waals surface area contributed by atoms with Gasteiger partial charge in [-0.15, -0.1) is 11.6 Å². The lowest BCUT2D eigenvalue weighted by molar-refractivity contribution is -0.116. The molecule has 24 heavy (non-hydrogen) atoms. The number of benzene rings is 1. The Morgan fingerprint density at radius 1 is 1.38 bits per heavy atom. The van der Waals surface area contributed by atoms with Crippen LogP contribution in [0.4, 0.5) is 5.69 Å². The molecule has 2 aromatic heterocycles. The van der Waals surface area contributed by atoms with Gasteiger partial charge in [0.1, 0.15) is 11.5 Å². The second kappa shape index (κ2) is 6.32. The summed E-state index contributed by atoms with van der Waals surface area (Å²) in [5, 5.41) is 5.45. The normalized spacial score (nSPS) is 14.7. The first-order valence-electron chi connectivity index (χ1n) is 8.11. The predicted octanol–water partition coefficient (Wildman–Crippen LogP) is 4.13. The number of aromatic nitrogens is 2. The maximum Gasteiger partial charge on any atom is 0.242 e. The van der Waals surface area contributed by atoms with Gasteiger partial charge in [0.15, 0.2) is 0 Å². The molecule has 0 aliphatic heterocycles. The van der Waals surface area contributed by atoms with E-state index in [1.54, 1.807) is 17.4 Å². The van der Waals surface area contributed by atoms with Gasteiger partial charge in [-0.25, -0.2) is 0 Å². The van der Waals surface area contributed by atoms with Crippen molar-refractivity contribution in [3.05, 3.63) is 48.5 Å². The first-order valence-corrected chi connectivity index (χ1v) is 8.64. The number of hydrogen-bond donors (Lipinski definition) is 0. The maximum absolute atomic E-state index is 12.3. The van der Waals surface area contributed by atoms with Crippen LogP contribution in [-0.4, -0.2) is 21.6 Å². The largest absolute Gasteiger partial charge is 0.464 e. The van der Waals surface area contributed by atoms with Gasteiger partial charge in [-0.3, -0.25) is 9.48 Å². The topological polar surface area (TPSA) is 51.3 Å². The third-order valence-corrected chi connectivity index (χ3v) is 4.85. The molecule has 0 spiro atoms. The number of furan rings is 1. The van der Waals surface area contributed by atoms with Gasteiger partial charge in [0.05, 0.1) is 30.7 Å². The molecule has 1 aromatic carbocycles. The van der Waals surface area contributed by atoms with Crippen LogP contribution < -0.4 is 4.90 Å². The highest BCUT2D eigenvalue weighted by molar-refractivity contribution is 6.29. The van der Waals surface area contributed by atoms with E-state index >= 15 is 0 Å². The first-order chi connectivity index (χ1) is 11.7. The molecule has 6 heteroatoms. The van der Waals surface area contributed by atoms with E-state index in [2.05, 4.69) is 5.10 Å². The van der Waals surface area contributed by atoms with Gasteiger partial charge < -0.3 is 9.32 Å². The second-order valence-electron chi connectivity index (χ2n) is 6.17. The fourth-order valence-corrected chi connectivity index (χ4v) is 3.16. The zero-order valence-corrected chi connectivity index (χ0v) is 13.9. The summed E-state index contributed by atoms with van der Waals surface area (Å²) >= 11 is 5.81. The molecular weight excluding hydrogens is 326 g/mol. The smallest absolute Gasteiger partial charge is 0.242 e. The molecule has 4 rings (SSSR count). The lowest BCUT2D eigenvalue weighted by Crippen LogP contribution is -2.31. The summed E-state index contributed by atoms with van der Waals surface area (Å²) in [6.07, 6.45) is 8.92. The zero-order valence-electron chi connectivity index (χ0n) is 13.2. The van der Waals surface area contributed by atoms with Crippen LogP contribution in [0.2, 0.25) is 0 Å². The molecule has 5 nitrogen and oxygen atoms in total. The summed E-state index contributed by atoms with van der Waals surface area (Å²) in [4.78, 5) is 14.0.